The summed E-state index contributed by atoms with van der Waals surface area (Å²) in [6, 6.07) is 7.28. The Hall–Kier alpha value is -3.62. The van der Waals surface area contributed by atoms with Crippen LogP contribution in [-0.4, -0.2) is 56.3 Å². The summed E-state index contributed by atoms with van der Waals surface area (Å²) in [5, 5.41) is 4.02. The highest BCUT2D eigenvalue weighted by atomic mass is 32.2. The molecule has 0 aromatic carbocycles. The Morgan fingerprint density at radius 2 is 1.66 bits per heavy atom. The van der Waals surface area contributed by atoms with Crippen molar-refractivity contribution in [3.8, 4) is 0 Å². The van der Waals surface area contributed by atoms with Crippen LogP contribution in [0.25, 0.3) is 20.7 Å². The molecule has 6 heterocycles. The Labute approximate surface area is 225 Å². The van der Waals surface area contributed by atoms with Gasteiger partial charge in [-0.2, -0.15) is 0 Å². The first kappa shape index (κ1) is 23.5. The van der Waals surface area contributed by atoms with Crippen molar-refractivity contribution in [2.75, 3.05) is 10.2 Å². The van der Waals surface area contributed by atoms with E-state index in [4.69, 9.17) is 0 Å². The van der Waals surface area contributed by atoms with E-state index in [2.05, 4.69) is 35.2 Å². The molecule has 0 radical (unpaired) electrons. The number of fused-ring (bicyclic) bond motifs is 3. The van der Waals surface area contributed by atoms with Crippen molar-refractivity contribution in [3.05, 3.63) is 48.5 Å². The molecule has 0 unspecified atom stereocenters. The predicted molar refractivity (Wildman–Crippen MR) is 143 cm³/mol. The van der Waals surface area contributed by atoms with Gasteiger partial charge in [-0.25, -0.2) is 38.3 Å². The molecule has 14 heteroatoms. The lowest BCUT2D eigenvalue weighted by Gasteiger charge is -2.41. The first-order valence-electron chi connectivity index (χ1n) is 11.9. The number of thiazole rings is 2. The standard InChI is InChI=1S/C24H20N8O3S3/c1-24(2)17-18(27-11-16(31-17)38(34,35)23-30-15-6-4-8-26-20(15)37-23)32(21(24)33)13-9-12(10-13)28-22-29-14-5-3-7-25-19(14)36-22/h3-8,11-13H,9-10H2,1-2H3,(H,28,29). The van der Waals surface area contributed by atoms with Gasteiger partial charge in [-0.15, -0.1) is 0 Å². The lowest BCUT2D eigenvalue weighted by molar-refractivity contribution is -0.123. The van der Waals surface area contributed by atoms with E-state index in [1.807, 2.05) is 12.1 Å². The van der Waals surface area contributed by atoms with Gasteiger partial charge >= 0.3 is 0 Å². The van der Waals surface area contributed by atoms with Crippen molar-refractivity contribution >= 4 is 70.1 Å². The number of carbonyl (C=O) groups is 1. The molecule has 5 aromatic rings. The van der Waals surface area contributed by atoms with Crippen molar-refractivity contribution in [2.45, 2.75) is 53.6 Å². The summed E-state index contributed by atoms with van der Waals surface area (Å²) in [5.74, 6) is 0.274. The van der Waals surface area contributed by atoms with E-state index >= 15 is 0 Å². The number of amides is 1. The van der Waals surface area contributed by atoms with Gasteiger partial charge in [0.2, 0.25) is 10.2 Å². The van der Waals surface area contributed by atoms with Gasteiger partial charge < -0.3 is 5.32 Å². The minimum Gasteiger partial charge on any atom is -0.359 e. The van der Waals surface area contributed by atoms with Crippen molar-refractivity contribution in [3.63, 3.8) is 0 Å². The van der Waals surface area contributed by atoms with Crippen LogP contribution >= 0.6 is 22.7 Å². The van der Waals surface area contributed by atoms with E-state index in [0.29, 0.717) is 34.7 Å². The van der Waals surface area contributed by atoms with Crippen LogP contribution in [0, 0.1) is 0 Å². The molecule has 0 spiro atoms. The first-order chi connectivity index (χ1) is 18.2. The number of nitrogens with zero attached hydrogens (tertiary/aromatic N) is 7. The number of carbonyl (C=O) groups excluding carboxylic acids is 1. The second-order valence-corrected chi connectivity index (χ2v) is 13.8. The molecule has 1 N–H and O–H groups in total. The molecule has 7 rings (SSSR count). The van der Waals surface area contributed by atoms with E-state index < -0.39 is 15.3 Å². The van der Waals surface area contributed by atoms with Crippen LogP contribution in [0.1, 0.15) is 32.4 Å². The largest absolute Gasteiger partial charge is 0.359 e. The Kier molecular flexibility index (Phi) is 5.06. The van der Waals surface area contributed by atoms with Crippen LogP contribution in [0.15, 0.2) is 52.2 Å². The van der Waals surface area contributed by atoms with E-state index in [9.17, 15) is 13.2 Å². The third-order valence-corrected chi connectivity index (χ3v) is 10.8. The molecule has 2 aliphatic rings. The smallest absolute Gasteiger partial charge is 0.252 e. The van der Waals surface area contributed by atoms with Crippen molar-refractivity contribution in [1.29, 1.82) is 0 Å². The van der Waals surface area contributed by atoms with Gasteiger partial charge in [0.25, 0.3) is 9.84 Å². The molecule has 1 amide bonds. The second kappa shape index (κ2) is 8.19. The summed E-state index contributed by atoms with van der Waals surface area (Å²) >= 11 is 2.48. The fraction of sp³-hybridized carbons (Fsp3) is 0.292. The van der Waals surface area contributed by atoms with Crippen molar-refractivity contribution in [1.82, 2.24) is 29.9 Å². The number of sulfone groups is 1. The third kappa shape index (κ3) is 3.50. The van der Waals surface area contributed by atoms with Crippen LogP contribution in [0.4, 0.5) is 10.9 Å². The molecule has 192 valence electrons. The molecule has 11 nitrogen and oxygen atoms in total. The van der Waals surface area contributed by atoms with Gasteiger partial charge in [0.15, 0.2) is 16.0 Å². The van der Waals surface area contributed by atoms with Crippen molar-refractivity contribution < 1.29 is 13.2 Å². The topological polar surface area (TPSA) is 144 Å². The average molecular weight is 565 g/mol. The minimum atomic E-state index is -4.03. The molecule has 0 atom stereocenters. The zero-order valence-electron chi connectivity index (χ0n) is 20.2. The normalized spacial score (nSPS) is 20.6. The van der Waals surface area contributed by atoms with Crippen LogP contribution in [0.5, 0.6) is 0 Å². The van der Waals surface area contributed by atoms with Crippen LogP contribution in [0.3, 0.4) is 0 Å². The van der Waals surface area contributed by atoms with E-state index in [0.717, 1.165) is 26.8 Å². The summed E-state index contributed by atoms with van der Waals surface area (Å²) < 4.78 is 26.6. The summed E-state index contributed by atoms with van der Waals surface area (Å²) in [5.41, 5.74) is 0.697. The third-order valence-electron chi connectivity index (χ3n) is 6.93. The Morgan fingerprint density at radius 1 is 0.974 bits per heavy atom. The lowest BCUT2D eigenvalue weighted by Crippen LogP contribution is -2.53. The van der Waals surface area contributed by atoms with Gasteiger partial charge in [-0.1, -0.05) is 22.7 Å². The summed E-state index contributed by atoms with van der Waals surface area (Å²) in [7, 11) is -4.03. The molecule has 38 heavy (non-hydrogen) atoms. The quantitative estimate of drug-likeness (QED) is 0.336. The number of hydrogen-bond donors (Lipinski definition) is 1. The predicted octanol–water partition coefficient (Wildman–Crippen LogP) is 3.59. The molecule has 0 saturated heterocycles. The summed E-state index contributed by atoms with van der Waals surface area (Å²) in [6.07, 6.45) is 5.98. The van der Waals surface area contributed by atoms with Gasteiger partial charge in [-0.05, 0) is 51.0 Å². The van der Waals surface area contributed by atoms with Crippen molar-refractivity contribution in [2.24, 2.45) is 0 Å². The Morgan fingerprint density at radius 3 is 2.34 bits per heavy atom. The zero-order chi connectivity index (χ0) is 26.2. The number of hydrogen-bond acceptors (Lipinski definition) is 12. The van der Waals surface area contributed by atoms with Gasteiger partial charge in [0.1, 0.15) is 20.7 Å². The Bertz CT molecular complexity index is 1790. The number of pyridine rings is 2. The van der Waals surface area contributed by atoms with Crippen LogP contribution < -0.4 is 10.2 Å². The monoisotopic (exact) mass is 564 g/mol. The molecule has 1 saturated carbocycles. The lowest BCUT2D eigenvalue weighted by atomic mass is 9.85. The highest BCUT2D eigenvalue weighted by molar-refractivity contribution is 7.93. The van der Waals surface area contributed by atoms with Gasteiger partial charge in [-0.3, -0.25) is 9.69 Å². The maximum atomic E-state index is 13.5. The fourth-order valence-electron chi connectivity index (χ4n) is 4.81. The SMILES string of the molecule is CC1(C)C(=O)N(C2CC(Nc3nc4cccnc4s3)C2)c2ncc(S(=O)(=O)c3nc4cccnc4s3)nc21. The summed E-state index contributed by atoms with van der Waals surface area (Å²) in [4.78, 5) is 42.8. The second-order valence-electron chi connectivity index (χ2n) is 9.80. The van der Waals surface area contributed by atoms with E-state index in [1.54, 1.807) is 43.3 Å². The number of aromatic nitrogens is 6. The van der Waals surface area contributed by atoms with E-state index in [-0.39, 0.29) is 27.4 Å². The molecule has 1 aliphatic carbocycles. The molecular formula is C24H20N8O3S3. The molecule has 1 fully saturated rings. The molecule has 1 aliphatic heterocycles. The molecule has 0 bridgehead atoms. The van der Waals surface area contributed by atoms with Crippen LogP contribution in [-0.2, 0) is 20.0 Å². The number of rotatable bonds is 5. The first-order valence-corrected chi connectivity index (χ1v) is 15.0. The van der Waals surface area contributed by atoms with Crippen LogP contribution in [0.2, 0.25) is 0 Å². The molecule has 5 aromatic heterocycles. The maximum absolute atomic E-state index is 13.5. The average Bonchev–Trinajstić information content (AvgIpc) is 3.55. The number of anilines is 2. The maximum Gasteiger partial charge on any atom is 0.252 e. The Balaban J connectivity index is 1.15. The zero-order valence-corrected chi connectivity index (χ0v) is 22.6. The minimum absolute atomic E-state index is 0.0693. The fourth-order valence-corrected chi connectivity index (χ4v) is 8.06. The van der Waals surface area contributed by atoms with E-state index in [1.165, 1.54) is 17.5 Å². The van der Waals surface area contributed by atoms with Gasteiger partial charge in [0.05, 0.1) is 17.3 Å². The highest BCUT2D eigenvalue weighted by Crippen LogP contribution is 2.44. The summed E-state index contributed by atoms with van der Waals surface area (Å²) in [6.45, 7) is 3.51. The van der Waals surface area contributed by atoms with Gasteiger partial charge in [0, 0.05) is 24.5 Å². The molecular weight excluding hydrogens is 545 g/mol. The highest BCUT2D eigenvalue weighted by Gasteiger charge is 2.52. The number of nitrogens with one attached hydrogen (secondary N) is 1.